The van der Waals surface area contributed by atoms with E-state index in [4.69, 9.17) is 9.15 Å². The Labute approximate surface area is 106 Å². The van der Waals surface area contributed by atoms with E-state index in [1.807, 2.05) is 19.1 Å². The van der Waals surface area contributed by atoms with Crippen molar-refractivity contribution in [2.24, 2.45) is 0 Å². The van der Waals surface area contributed by atoms with E-state index in [0.717, 1.165) is 18.0 Å². The zero-order valence-corrected chi connectivity index (χ0v) is 10.4. The summed E-state index contributed by atoms with van der Waals surface area (Å²) in [6, 6.07) is 4.60. The average molecular weight is 247 g/mol. The number of ether oxygens (including phenoxy) is 1. The molecule has 0 atom stereocenters. The first-order valence-corrected chi connectivity index (χ1v) is 6.24. The average Bonchev–Trinajstić information content (AvgIpc) is 2.93. The highest BCUT2D eigenvalue weighted by Gasteiger charge is 2.20. The topological polar surface area (TPSA) is 63.1 Å². The molecule has 1 aliphatic carbocycles. The van der Waals surface area contributed by atoms with Crippen molar-refractivity contribution in [2.75, 3.05) is 0 Å². The van der Waals surface area contributed by atoms with Crippen LogP contribution in [-0.2, 0) is 13.2 Å². The van der Waals surface area contributed by atoms with Gasteiger partial charge in [-0.3, -0.25) is 5.10 Å². The number of H-pyrrole nitrogens is 1. The molecule has 2 aromatic heterocycles. The highest BCUT2D eigenvalue weighted by Crippen LogP contribution is 2.20. The number of aromatic amines is 1. The maximum Gasteiger partial charge on any atom is 0.233 e. The van der Waals surface area contributed by atoms with Crippen molar-refractivity contribution in [1.29, 1.82) is 0 Å². The molecule has 1 aliphatic rings. The quantitative estimate of drug-likeness (QED) is 0.821. The molecule has 0 bridgehead atoms. The first-order valence-electron chi connectivity index (χ1n) is 6.24. The molecule has 2 N–H and O–H groups in total. The van der Waals surface area contributed by atoms with Crippen LogP contribution in [0.2, 0.25) is 0 Å². The van der Waals surface area contributed by atoms with E-state index in [1.54, 1.807) is 6.26 Å². The second kappa shape index (κ2) is 4.86. The Hall–Kier alpha value is -1.75. The van der Waals surface area contributed by atoms with Crippen molar-refractivity contribution in [3.05, 3.63) is 35.4 Å². The van der Waals surface area contributed by atoms with Crippen LogP contribution in [-0.4, -0.2) is 16.2 Å². The van der Waals surface area contributed by atoms with Gasteiger partial charge in [-0.15, -0.1) is 5.10 Å². The van der Waals surface area contributed by atoms with E-state index in [-0.39, 0.29) is 0 Å². The summed E-state index contributed by atoms with van der Waals surface area (Å²) in [5.41, 5.74) is 2.15. The second-order valence-corrected chi connectivity index (χ2v) is 4.75. The lowest BCUT2D eigenvalue weighted by atomic mass is 10.3. The van der Waals surface area contributed by atoms with Gasteiger partial charge in [0.2, 0.25) is 5.88 Å². The van der Waals surface area contributed by atoms with E-state index in [9.17, 15) is 0 Å². The minimum absolute atomic E-state index is 0.410. The number of nitrogens with zero attached hydrogens (tertiary/aromatic N) is 1. The zero-order chi connectivity index (χ0) is 12.4. The minimum Gasteiger partial charge on any atom is -0.468 e. The first-order chi connectivity index (χ1) is 8.79. The van der Waals surface area contributed by atoms with Crippen molar-refractivity contribution in [3.8, 4) is 5.88 Å². The largest absolute Gasteiger partial charge is 0.468 e. The summed E-state index contributed by atoms with van der Waals surface area (Å²) >= 11 is 0. The van der Waals surface area contributed by atoms with Crippen LogP contribution in [0.1, 0.15) is 29.9 Å². The van der Waals surface area contributed by atoms with E-state index in [2.05, 4.69) is 15.5 Å². The van der Waals surface area contributed by atoms with Crippen LogP contribution in [0, 0.1) is 6.92 Å². The SMILES string of the molecule is Cc1cc(OCc2cc(CNC3CC3)co2)n[nH]1. The smallest absolute Gasteiger partial charge is 0.233 e. The third-order valence-electron chi connectivity index (χ3n) is 2.93. The summed E-state index contributed by atoms with van der Waals surface area (Å²) in [7, 11) is 0. The maximum atomic E-state index is 5.51. The van der Waals surface area contributed by atoms with E-state index < -0.39 is 0 Å². The van der Waals surface area contributed by atoms with Crippen molar-refractivity contribution >= 4 is 0 Å². The number of aromatic nitrogens is 2. The van der Waals surface area contributed by atoms with Gasteiger partial charge in [-0.25, -0.2) is 0 Å². The highest BCUT2D eigenvalue weighted by atomic mass is 16.5. The van der Waals surface area contributed by atoms with Crippen molar-refractivity contribution in [3.63, 3.8) is 0 Å². The van der Waals surface area contributed by atoms with E-state index in [0.29, 0.717) is 18.5 Å². The molecule has 5 heteroatoms. The molecular weight excluding hydrogens is 230 g/mol. The molecule has 1 fully saturated rings. The van der Waals surface area contributed by atoms with Gasteiger partial charge >= 0.3 is 0 Å². The van der Waals surface area contributed by atoms with Crippen LogP contribution < -0.4 is 10.1 Å². The molecule has 96 valence electrons. The predicted molar refractivity (Wildman–Crippen MR) is 66.2 cm³/mol. The zero-order valence-electron chi connectivity index (χ0n) is 10.4. The fraction of sp³-hybridized carbons (Fsp3) is 0.462. The summed E-state index contributed by atoms with van der Waals surface area (Å²) in [5, 5.41) is 10.3. The lowest BCUT2D eigenvalue weighted by molar-refractivity contribution is 0.260. The lowest BCUT2D eigenvalue weighted by Gasteiger charge is -1.98. The molecule has 0 aliphatic heterocycles. The minimum atomic E-state index is 0.410. The summed E-state index contributed by atoms with van der Waals surface area (Å²) in [6.07, 6.45) is 4.38. The van der Waals surface area contributed by atoms with Crippen molar-refractivity contribution in [2.45, 2.75) is 39.0 Å². The Kier molecular flexibility index (Phi) is 3.06. The highest BCUT2D eigenvalue weighted by molar-refractivity contribution is 5.15. The summed E-state index contributed by atoms with van der Waals surface area (Å²) in [5.74, 6) is 1.42. The molecule has 0 aromatic carbocycles. The van der Waals surface area contributed by atoms with Gasteiger partial charge in [0.15, 0.2) is 0 Å². The number of hydrogen-bond acceptors (Lipinski definition) is 4. The van der Waals surface area contributed by atoms with Crippen LogP contribution in [0.5, 0.6) is 5.88 Å². The van der Waals surface area contributed by atoms with Crippen LogP contribution in [0.4, 0.5) is 0 Å². The number of furan rings is 1. The van der Waals surface area contributed by atoms with E-state index in [1.165, 1.54) is 18.4 Å². The normalized spacial score (nSPS) is 14.9. The Balaban J connectivity index is 1.49. The molecule has 0 spiro atoms. The molecule has 2 aromatic rings. The molecular formula is C13H17N3O2. The van der Waals surface area contributed by atoms with Gasteiger partial charge in [-0.2, -0.15) is 0 Å². The monoisotopic (exact) mass is 247 g/mol. The fourth-order valence-corrected chi connectivity index (χ4v) is 1.76. The third kappa shape index (κ3) is 2.92. The summed E-state index contributed by atoms with van der Waals surface area (Å²) in [6.45, 7) is 3.22. The van der Waals surface area contributed by atoms with Crippen molar-refractivity contribution in [1.82, 2.24) is 15.5 Å². The first kappa shape index (κ1) is 11.3. The number of aryl methyl sites for hydroxylation is 1. The number of nitrogens with one attached hydrogen (secondary N) is 2. The van der Waals surface area contributed by atoms with Crippen LogP contribution in [0.15, 0.2) is 22.8 Å². The Bertz CT molecular complexity index is 514. The van der Waals surface area contributed by atoms with Crippen molar-refractivity contribution < 1.29 is 9.15 Å². The number of rotatable bonds is 6. The van der Waals surface area contributed by atoms with E-state index >= 15 is 0 Å². The number of hydrogen-bond donors (Lipinski definition) is 2. The van der Waals surface area contributed by atoms with Crippen LogP contribution in [0.3, 0.4) is 0 Å². The molecule has 0 amide bonds. The molecule has 3 rings (SSSR count). The van der Waals surface area contributed by atoms with Gasteiger partial charge < -0.3 is 14.5 Å². The predicted octanol–water partition coefficient (Wildman–Crippen LogP) is 2.14. The molecule has 5 nitrogen and oxygen atoms in total. The molecule has 0 radical (unpaired) electrons. The van der Waals surface area contributed by atoms with Gasteiger partial charge in [-0.1, -0.05) is 0 Å². The fourth-order valence-electron chi connectivity index (χ4n) is 1.76. The Morgan fingerprint density at radius 3 is 3.11 bits per heavy atom. The summed E-state index contributed by atoms with van der Waals surface area (Å²) < 4.78 is 11.0. The Morgan fingerprint density at radius 1 is 1.50 bits per heavy atom. The van der Waals surface area contributed by atoms with Crippen LogP contribution >= 0.6 is 0 Å². The second-order valence-electron chi connectivity index (χ2n) is 4.75. The molecule has 0 unspecified atom stereocenters. The molecule has 1 saturated carbocycles. The molecule has 0 saturated heterocycles. The third-order valence-corrected chi connectivity index (χ3v) is 2.93. The van der Waals surface area contributed by atoms with Crippen LogP contribution in [0.25, 0.3) is 0 Å². The van der Waals surface area contributed by atoms with Gasteiger partial charge in [0.1, 0.15) is 12.4 Å². The van der Waals surface area contributed by atoms with Gasteiger partial charge in [0, 0.05) is 29.9 Å². The molecule has 18 heavy (non-hydrogen) atoms. The Morgan fingerprint density at radius 2 is 2.39 bits per heavy atom. The van der Waals surface area contributed by atoms with Gasteiger partial charge in [-0.05, 0) is 25.8 Å². The lowest BCUT2D eigenvalue weighted by Crippen LogP contribution is -2.14. The summed E-state index contributed by atoms with van der Waals surface area (Å²) in [4.78, 5) is 0. The standard InChI is InChI=1S/C13H17N3O2/c1-9-4-13(16-15-9)18-8-12-5-10(7-17-12)6-14-11-2-3-11/h4-5,7,11,14H,2-3,6,8H2,1H3,(H,15,16). The molecule has 2 heterocycles. The van der Waals surface area contributed by atoms with Gasteiger partial charge in [0.05, 0.1) is 6.26 Å². The maximum absolute atomic E-state index is 5.51. The van der Waals surface area contributed by atoms with Gasteiger partial charge in [0.25, 0.3) is 0 Å².